The van der Waals surface area contributed by atoms with Gasteiger partial charge in [-0.3, -0.25) is 0 Å². The van der Waals surface area contributed by atoms with E-state index in [-0.39, 0.29) is 17.0 Å². The lowest BCUT2D eigenvalue weighted by molar-refractivity contribution is 0.0696. The molecule has 1 aromatic carbocycles. The summed E-state index contributed by atoms with van der Waals surface area (Å²) in [5.74, 6) is 2.28. The molecule has 0 heterocycles. The van der Waals surface area contributed by atoms with E-state index in [0.717, 1.165) is 6.07 Å². The van der Waals surface area contributed by atoms with Crippen LogP contribution in [0.4, 0.5) is 10.5 Å². The fraction of sp³-hybridized carbons (Fsp3) is 0.231. The molecule has 0 saturated heterocycles. The van der Waals surface area contributed by atoms with Crippen molar-refractivity contribution in [3.8, 4) is 18.1 Å². The van der Waals surface area contributed by atoms with Crippen LogP contribution in [0.1, 0.15) is 10.4 Å². The van der Waals surface area contributed by atoms with Gasteiger partial charge >= 0.3 is 12.0 Å². The topological polar surface area (TPSA) is 98.7 Å². The lowest BCUT2D eigenvalue weighted by atomic mass is 10.2. The molecule has 1 aromatic rings. The number of thioether (sulfide) groups is 1. The van der Waals surface area contributed by atoms with Crippen LogP contribution in [0.25, 0.3) is 0 Å². The standard InChI is InChI=1S/C13H14N2O4S/c1-2-6-20-7-5-14-13(19)15-10-4-3-9(12(17)18)8-11(10)16/h1,3-4,8,16H,5-7H2,(H,17,18)(H2,14,15,19). The van der Waals surface area contributed by atoms with Gasteiger partial charge in [-0.1, -0.05) is 5.92 Å². The van der Waals surface area contributed by atoms with Crippen molar-refractivity contribution in [3.63, 3.8) is 0 Å². The molecule has 0 radical (unpaired) electrons. The third kappa shape index (κ3) is 5.12. The van der Waals surface area contributed by atoms with Gasteiger partial charge in [-0.2, -0.15) is 0 Å². The van der Waals surface area contributed by atoms with Crippen molar-refractivity contribution in [3.05, 3.63) is 23.8 Å². The van der Waals surface area contributed by atoms with Crippen molar-refractivity contribution in [2.24, 2.45) is 0 Å². The third-order valence-electron chi connectivity index (χ3n) is 2.21. The van der Waals surface area contributed by atoms with E-state index >= 15 is 0 Å². The Hall–Kier alpha value is -2.33. The summed E-state index contributed by atoms with van der Waals surface area (Å²) in [4.78, 5) is 22.2. The van der Waals surface area contributed by atoms with Crippen molar-refractivity contribution in [1.82, 2.24) is 5.32 Å². The van der Waals surface area contributed by atoms with Gasteiger partial charge in [-0.25, -0.2) is 9.59 Å². The Kier molecular flexibility index (Phi) is 6.26. The van der Waals surface area contributed by atoms with E-state index in [1.807, 2.05) is 0 Å². The van der Waals surface area contributed by atoms with Crippen LogP contribution in [0.15, 0.2) is 18.2 Å². The van der Waals surface area contributed by atoms with E-state index in [9.17, 15) is 14.7 Å². The van der Waals surface area contributed by atoms with E-state index in [0.29, 0.717) is 18.1 Å². The van der Waals surface area contributed by atoms with Crippen LogP contribution in [-0.2, 0) is 0 Å². The lowest BCUT2D eigenvalue weighted by Crippen LogP contribution is -2.30. The molecule has 7 heteroatoms. The predicted molar refractivity (Wildman–Crippen MR) is 78.2 cm³/mol. The van der Waals surface area contributed by atoms with Gasteiger partial charge in [0.1, 0.15) is 5.75 Å². The van der Waals surface area contributed by atoms with Gasteiger partial charge in [0.05, 0.1) is 17.0 Å². The summed E-state index contributed by atoms with van der Waals surface area (Å²) in [6.45, 7) is 0.437. The molecule has 0 aliphatic carbocycles. The third-order valence-corrected chi connectivity index (χ3v) is 3.07. The Bertz CT molecular complexity index is 540. The number of terminal acetylenes is 1. The molecule has 0 aromatic heterocycles. The van der Waals surface area contributed by atoms with Gasteiger partial charge in [0, 0.05) is 12.3 Å². The molecule has 0 bridgehead atoms. The highest BCUT2D eigenvalue weighted by molar-refractivity contribution is 7.99. The highest BCUT2D eigenvalue weighted by atomic mass is 32.2. The number of anilines is 1. The van der Waals surface area contributed by atoms with Crippen molar-refractivity contribution in [2.45, 2.75) is 0 Å². The summed E-state index contributed by atoms with van der Waals surface area (Å²) >= 11 is 1.52. The number of carboxylic acid groups (broad SMARTS) is 1. The molecule has 0 spiro atoms. The fourth-order valence-corrected chi connectivity index (χ4v) is 1.81. The molecule has 4 N–H and O–H groups in total. The van der Waals surface area contributed by atoms with E-state index < -0.39 is 12.0 Å². The zero-order chi connectivity index (χ0) is 15.0. The molecule has 0 aliphatic heterocycles. The summed E-state index contributed by atoms with van der Waals surface area (Å²) in [5.41, 5.74) is 0.0860. The van der Waals surface area contributed by atoms with Crippen LogP contribution in [0.5, 0.6) is 5.75 Å². The van der Waals surface area contributed by atoms with Gasteiger partial charge in [-0.05, 0) is 18.2 Å². The predicted octanol–water partition coefficient (Wildman–Crippen LogP) is 1.58. The number of benzene rings is 1. The Labute approximate surface area is 120 Å². The Balaban J connectivity index is 2.46. The number of hydrogen-bond donors (Lipinski definition) is 4. The van der Waals surface area contributed by atoms with Gasteiger partial charge in [0.25, 0.3) is 0 Å². The first-order chi connectivity index (χ1) is 9.54. The van der Waals surface area contributed by atoms with Gasteiger partial charge in [-0.15, -0.1) is 18.2 Å². The van der Waals surface area contributed by atoms with E-state index in [1.54, 1.807) is 0 Å². The molecule has 0 atom stereocenters. The minimum atomic E-state index is -1.15. The highest BCUT2D eigenvalue weighted by Crippen LogP contribution is 2.24. The quantitative estimate of drug-likeness (QED) is 0.363. The zero-order valence-electron chi connectivity index (χ0n) is 10.5. The summed E-state index contributed by atoms with van der Waals surface area (Å²) in [6, 6.07) is 3.21. The molecular weight excluding hydrogens is 280 g/mol. The first kappa shape index (κ1) is 15.7. The average Bonchev–Trinajstić information content (AvgIpc) is 2.40. The van der Waals surface area contributed by atoms with E-state index in [4.69, 9.17) is 11.5 Å². The molecule has 106 valence electrons. The molecule has 0 saturated carbocycles. The van der Waals surface area contributed by atoms with E-state index in [1.165, 1.54) is 23.9 Å². The number of urea groups is 1. The summed E-state index contributed by atoms with van der Waals surface area (Å²) < 4.78 is 0. The van der Waals surface area contributed by atoms with Crippen LogP contribution >= 0.6 is 11.8 Å². The Morgan fingerprint density at radius 1 is 1.40 bits per heavy atom. The zero-order valence-corrected chi connectivity index (χ0v) is 11.4. The van der Waals surface area contributed by atoms with Gasteiger partial charge in [0.15, 0.2) is 0 Å². The molecular formula is C13H14N2O4S. The molecule has 6 nitrogen and oxygen atoms in total. The number of carbonyl (C=O) groups is 2. The van der Waals surface area contributed by atoms with Crippen LogP contribution in [0.2, 0.25) is 0 Å². The number of carbonyl (C=O) groups excluding carboxylic acids is 1. The number of aromatic hydroxyl groups is 1. The van der Waals surface area contributed by atoms with E-state index in [2.05, 4.69) is 16.6 Å². The number of rotatable bonds is 6. The maximum absolute atomic E-state index is 11.5. The molecule has 1 rings (SSSR count). The van der Waals surface area contributed by atoms with Crippen molar-refractivity contribution < 1.29 is 19.8 Å². The molecule has 0 aliphatic rings. The second-order valence-corrected chi connectivity index (χ2v) is 4.78. The lowest BCUT2D eigenvalue weighted by Gasteiger charge is -2.09. The summed E-state index contributed by atoms with van der Waals surface area (Å²) in [7, 11) is 0. The summed E-state index contributed by atoms with van der Waals surface area (Å²) in [5, 5.41) is 23.4. The number of phenols is 1. The monoisotopic (exact) mass is 294 g/mol. The Morgan fingerprint density at radius 2 is 2.15 bits per heavy atom. The maximum atomic E-state index is 11.5. The molecule has 2 amide bonds. The average molecular weight is 294 g/mol. The maximum Gasteiger partial charge on any atom is 0.335 e. The number of carboxylic acids is 1. The van der Waals surface area contributed by atoms with Crippen LogP contribution in [0.3, 0.4) is 0 Å². The molecule has 0 unspecified atom stereocenters. The van der Waals surface area contributed by atoms with Crippen LogP contribution in [-0.4, -0.2) is 40.3 Å². The first-order valence-electron chi connectivity index (χ1n) is 5.67. The van der Waals surface area contributed by atoms with Crippen molar-refractivity contribution in [2.75, 3.05) is 23.4 Å². The second kappa shape index (κ2) is 7.96. The largest absolute Gasteiger partial charge is 0.506 e. The highest BCUT2D eigenvalue weighted by Gasteiger charge is 2.09. The minimum Gasteiger partial charge on any atom is -0.506 e. The first-order valence-corrected chi connectivity index (χ1v) is 6.82. The fourth-order valence-electron chi connectivity index (χ4n) is 1.30. The second-order valence-electron chi connectivity index (χ2n) is 3.67. The number of nitrogens with one attached hydrogen (secondary N) is 2. The molecule has 0 fully saturated rings. The Morgan fingerprint density at radius 3 is 2.75 bits per heavy atom. The van der Waals surface area contributed by atoms with Crippen LogP contribution in [0, 0.1) is 12.3 Å². The number of aromatic carboxylic acids is 1. The number of phenolic OH excluding ortho intramolecular Hbond substituents is 1. The normalized spacial score (nSPS) is 9.55. The van der Waals surface area contributed by atoms with Crippen molar-refractivity contribution >= 4 is 29.4 Å². The van der Waals surface area contributed by atoms with Gasteiger partial charge in [0.2, 0.25) is 0 Å². The van der Waals surface area contributed by atoms with Gasteiger partial charge < -0.3 is 20.8 Å². The van der Waals surface area contributed by atoms with Crippen LogP contribution < -0.4 is 10.6 Å². The summed E-state index contributed by atoms with van der Waals surface area (Å²) in [6.07, 6.45) is 5.08. The van der Waals surface area contributed by atoms with Crippen molar-refractivity contribution in [1.29, 1.82) is 0 Å². The SMILES string of the molecule is C#CCSCCNC(=O)Nc1ccc(C(=O)O)cc1O. The minimum absolute atomic E-state index is 0.0563. The number of amides is 2. The molecule has 20 heavy (non-hydrogen) atoms. The number of hydrogen-bond acceptors (Lipinski definition) is 4. The smallest absolute Gasteiger partial charge is 0.335 e.